The van der Waals surface area contributed by atoms with Crippen molar-refractivity contribution in [1.82, 2.24) is 0 Å². The third kappa shape index (κ3) is 3.49. The maximum atomic E-state index is 11.8. The van der Waals surface area contributed by atoms with E-state index in [1.54, 1.807) is 18.2 Å². The summed E-state index contributed by atoms with van der Waals surface area (Å²) in [5.74, 6) is 0.797. The Morgan fingerprint density at radius 2 is 2.18 bits per heavy atom. The monoisotopic (exact) mass is 233 g/mol. The van der Waals surface area contributed by atoms with Crippen LogP contribution in [0.4, 0.5) is 0 Å². The third-order valence-corrected chi connectivity index (χ3v) is 2.09. The summed E-state index contributed by atoms with van der Waals surface area (Å²) in [6, 6.07) is 6.84. The van der Waals surface area contributed by atoms with E-state index in [4.69, 9.17) is 14.7 Å². The van der Waals surface area contributed by atoms with Crippen LogP contribution in [0.25, 0.3) is 0 Å². The molecule has 1 aromatic rings. The number of hydrogen-bond acceptors (Lipinski definition) is 4. The fourth-order valence-corrected chi connectivity index (χ4v) is 1.38. The molecule has 0 spiro atoms. The fourth-order valence-electron chi connectivity index (χ4n) is 1.38. The first-order valence-corrected chi connectivity index (χ1v) is 5.33. The molecule has 17 heavy (non-hydrogen) atoms. The van der Waals surface area contributed by atoms with E-state index in [-0.39, 0.29) is 18.3 Å². The number of Topliss-reactive ketones (excluding diaryl/α,β-unsaturated/α-hetero) is 1. The van der Waals surface area contributed by atoms with Crippen molar-refractivity contribution < 1.29 is 14.3 Å². The Bertz CT molecular complexity index is 446. The molecule has 0 N–H and O–H groups in total. The highest BCUT2D eigenvalue weighted by atomic mass is 16.5. The zero-order valence-corrected chi connectivity index (χ0v) is 10.2. The van der Waals surface area contributed by atoms with Crippen LogP contribution in [-0.2, 0) is 0 Å². The zero-order chi connectivity index (χ0) is 12.8. The molecule has 0 saturated carbocycles. The Labute approximate surface area is 101 Å². The van der Waals surface area contributed by atoms with Crippen LogP contribution < -0.4 is 9.47 Å². The van der Waals surface area contributed by atoms with Gasteiger partial charge in [0.1, 0.15) is 11.5 Å². The summed E-state index contributed by atoms with van der Waals surface area (Å²) in [7, 11) is 1.52. The van der Waals surface area contributed by atoms with Gasteiger partial charge in [-0.2, -0.15) is 5.26 Å². The minimum Gasteiger partial charge on any atom is -0.497 e. The number of hydrogen-bond donors (Lipinski definition) is 0. The molecular weight excluding hydrogens is 218 g/mol. The highest BCUT2D eigenvalue weighted by Crippen LogP contribution is 2.26. The standard InChI is InChI=1S/C13H15NO3/c1-9(2)17-13-5-4-10(16-3)8-11(13)12(15)6-7-14/h4-5,8-9H,6H2,1-3H3. The summed E-state index contributed by atoms with van der Waals surface area (Å²) in [5.41, 5.74) is 0.389. The zero-order valence-electron chi connectivity index (χ0n) is 10.2. The topological polar surface area (TPSA) is 59.3 Å². The van der Waals surface area contributed by atoms with E-state index in [1.807, 2.05) is 19.9 Å². The van der Waals surface area contributed by atoms with E-state index >= 15 is 0 Å². The molecule has 0 aliphatic heterocycles. The molecule has 0 aliphatic carbocycles. The number of carbonyl (C=O) groups is 1. The van der Waals surface area contributed by atoms with E-state index in [1.165, 1.54) is 7.11 Å². The normalized spacial score (nSPS) is 9.82. The number of ether oxygens (including phenoxy) is 2. The molecule has 90 valence electrons. The molecular formula is C13H15NO3. The predicted molar refractivity (Wildman–Crippen MR) is 63.3 cm³/mol. The molecule has 0 aliphatic rings. The quantitative estimate of drug-likeness (QED) is 0.733. The largest absolute Gasteiger partial charge is 0.497 e. The summed E-state index contributed by atoms with van der Waals surface area (Å²) in [5, 5.41) is 8.55. The lowest BCUT2D eigenvalue weighted by molar-refractivity contribution is 0.0991. The molecule has 0 atom stereocenters. The molecule has 0 bridgehead atoms. The van der Waals surface area contributed by atoms with E-state index in [2.05, 4.69) is 0 Å². The van der Waals surface area contributed by atoms with Crippen molar-refractivity contribution in [3.8, 4) is 17.6 Å². The van der Waals surface area contributed by atoms with Crippen LogP contribution >= 0.6 is 0 Å². The number of methoxy groups -OCH3 is 1. The van der Waals surface area contributed by atoms with Gasteiger partial charge in [-0.05, 0) is 32.0 Å². The molecule has 4 nitrogen and oxygen atoms in total. The first kappa shape index (κ1) is 13.0. The van der Waals surface area contributed by atoms with Gasteiger partial charge in [-0.3, -0.25) is 4.79 Å². The van der Waals surface area contributed by atoms with Crippen LogP contribution in [0.5, 0.6) is 11.5 Å². The smallest absolute Gasteiger partial charge is 0.180 e. The van der Waals surface area contributed by atoms with Crippen molar-refractivity contribution in [1.29, 1.82) is 5.26 Å². The van der Waals surface area contributed by atoms with Crippen molar-refractivity contribution in [2.75, 3.05) is 7.11 Å². The Kier molecular flexibility index (Phi) is 4.53. The van der Waals surface area contributed by atoms with Crippen LogP contribution in [0.15, 0.2) is 18.2 Å². The molecule has 1 aromatic carbocycles. The summed E-state index contributed by atoms with van der Waals surface area (Å²) in [4.78, 5) is 11.8. The van der Waals surface area contributed by atoms with Crippen LogP contribution in [0, 0.1) is 11.3 Å². The third-order valence-electron chi connectivity index (χ3n) is 2.09. The first-order valence-electron chi connectivity index (χ1n) is 5.33. The minimum atomic E-state index is -0.262. The lowest BCUT2D eigenvalue weighted by Gasteiger charge is -2.14. The van der Waals surface area contributed by atoms with Crippen molar-refractivity contribution in [2.24, 2.45) is 0 Å². The van der Waals surface area contributed by atoms with Crippen molar-refractivity contribution >= 4 is 5.78 Å². The number of benzene rings is 1. The van der Waals surface area contributed by atoms with Gasteiger partial charge in [0.05, 0.1) is 31.3 Å². The second-order valence-electron chi connectivity index (χ2n) is 3.79. The van der Waals surface area contributed by atoms with Crippen molar-refractivity contribution in [3.05, 3.63) is 23.8 Å². The van der Waals surface area contributed by atoms with Gasteiger partial charge in [-0.15, -0.1) is 0 Å². The van der Waals surface area contributed by atoms with Gasteiger partial charge in [0, 0.05) is 0 Å². The van der Waals surface area contributed by atoms with Crippen LogP contribution in [0.3, 0.4) is 0 Å². The average Bonchev–Trinajstić information content (AvgIpc) is 2.29. The number of nitriles is 1. The Morgan fingerprint density at radius 3 is 2.71 bits per heavy atom. The molecule has 0 unspecified atom stereocenters. The van der Waals surface area contributed by atoms with Crippen LogP contribution in [-0.4, -0.2) is 19.0 Å². The summed E-state index contributed by atoms with van der Waals surface area (Å²) < 4.78 is 10.6. The van der Waals surface area contributed by atoms with Gasteiger partial charge in [0.15, 0.2) is 5.78 Å². The lowest BCUT2D eigenvalue weighted by Crippen LogP contribution is -2.10. The number of rotatable bonds is 5. The average molecular weight is 233 g/mol. The van der Waals surface area contributed by atoms with E-state index in [9.17, 15) is 4.79 Å². The maximum absolute atomic E-state index is 11.8. The Balaban J connectivity index is 3.12. The van der Waals surface area contributed by atoms with Gasteiger partial charge in [-0.1, -0.05) is 0 Å². The summed E-state index contributed by atoms with van der Waals surface area (Å²) in [6.45, 7) is 3.76. The SMILES string of the molecule is COc1ccc(OC(C)C)c(C(=O)CC#N)c1. The second-order valence-corrected chi connectivity index (χ2v) is 3.79. The number of nitrogens with zero attached hydrogens (tertiary/aromatic N) is 1. The van der Waals surface area contributed by atoms with Crippen molar-refractivity contribution in [2.45, 2.75) is 26.4 Å². The van der Waals surface area contributed by atoms with Crippen LogP contribution in [0.1, 0.15) is 30.6 Å². The molecule has 0 saturated heterocycles. The molecule has 0 amide bonds. The summed E-state index contributed by atoms with van der Waals surface area (Å²) >= 11 is 0. The molecule has 0 heterocycles. The highest BCUT2D eigenvalue weighted by molar-refractivity contribution is 6.00. The first-order chi connectivity index (χ1) is 8.08. The molecule has 0 radical (unpaired) electrons. The summed E-state index contributed by atoms with van der Waals surface area (Å²) in [6.07, 6.45) is -0.196. The van der Waals surface area contributed by atoms with E-state index < -0.39 is 0 Å². The van der Waals surface area contributed by atoms with E-state index in [0.717, 1.165) is 0 Å². The van der Waals surface area contributed by atoms with Gasteiger partial charge < -0.3 is 9.47 Å². The number of carbonyl (C=O) groups excluding carboxylic acids is 1. The second kappa shape index (κ2) is 5.90. The van der Waals surface area contributed by atoms with Crippen molar-refractivity contribution in [3.63, 3.8) is 0 Å². The molecule has 0 fully saturated rings. The lowest BCUT2D eigenvalue weighted by atomic mass is 10.1. The van der Waals surface area contributed by atoms with Gasteiger partial charge in [0.25, 0.3) is 0 Å². The van der Waals surface area contributed by atoms with Crippen LogP contribution in [0.2, 0.25) is 0 Å². The number of ketones is 1. The molecule has 0 aromatic heterocycles. The Hall–Kier alpha value is -2.02. The highest BCUT2D eigenvalue weighted by Gasteiger charge is 2.14. The predicted octanol–water partition coefficient (Wildman–Crippen LogP) is 2.58. The fraction of sp³-hybridized carbons (Fsp3) is 0.385. The van der Waals surface area contributed by atoms with Gasteiger partial charge >= 0.3 is 0 Å². The van der Waals surface area contributed by atoms with Gasteiger partial charge in [0.2, 0.25) is 0 Å². The minimum absolute atomic E-state index is 0.0305. The van der Waals surface area contributed by atoms with E-state index in [0.29, 0.717) is 17.1 Å². The van der Waals surface area contributed by atoms with Gasteiger partial charge in [-0.25, -0.2) is 0 Å². The molecule has 1 rings (SSSR count). The maximum Gasteiger partial charge on any atom is 0.180 e. The molecule has 4 heteroatoms. The Morgan fingerprint density at radius 1 is 1.47 bits per heavy atom.